The lowest BCUT2D eigenvalue weighted by atomic mass is 10.1. The Bertz CT molecular complexity index is 377. The number of halogens is 1. The van der Waals surface area contributed by atoms with Gasteiger partial charge in [0.1, 0.15) is 11.5 Å². The number of ether oxygens (including phenoxy) is 1. The molecule has 0 fully saturated rings. The minimum Gasteiger partial charge on any atom is -0.461 e. The Morgan fingerprint density at radius 1 is 1.13 bits per heavy atom. The molecule has 0 bridgehead atoms. The van der Waals surface area contributed by atoms with Crippen LogP contribution in [0.25, 0.3) is 0 Å². The first-order valence-corrected chi connectivity index (χ1v) is 5.53. The molecule has 0 aliphatic heterocycles. The van der Waals surface area contributed by atoms with Gasteiger partial charge in [-0.1, -0.05) is 17.7 Å². The van der Waals surface area contributed by atoms with E-state index in [1.54, 1.807) is 0 Å². The summed E-state index contributed by atoms with van der Waals surface area (Å²) in [6, 6.07) is 0. The molecule has 2 nitrogen and oxygen atoms in total. The predicted octanol–water partition coefficient (Wildman–Crippen LogP) is 3.32. The predicted molar refractivity (Wildman–Crippen MR) is 61.9 cm³/mol. The standard InChI is InChI=1S/C12H14ClNO/c13-11-3-1-2-4-12(11)15-10-7-5-9(14)6-8-10/h3-5,7H,1-2,6,8,14H2. The molecule has 0 atom stereocenters. The lowest BCUT2D eigenvalue weighted by Crippen LogP contribution is -2.04. The second kappa shape index (κ2) is 4.58. The second-order valence-electron chi connectivity index (χ2n) is 3.67. The van der Waals surface area contributed by atoms with Crippen molar-refractivity contribution in [2.75, 3.05) is 0 Å². The molecule has 2 N–H and O–H groups in total. The number of hydrogen-bond acceptors (Lipinski definition) is 2. The van der Waals surface area contributed by atoms with Crippen LogP contribution in [0, 0.1) is 0 Å². The number of rotatable bonds is 2. The van der Waals surface area contributed by atoms with Gasteiger partial charge in [0.05, 0.1) is 5.03 Å². The minimum absolute atomic E-state index is 0.713. The molecule has 0 aromatic carbocycles. The first-order chi connectivity index (χ1) is 7.25. The molecule has 2 rings (SSSR count). The largest absolute Gasteiger partial charge is 0.461 e. The Morgan fingerprint density at radius 3 is 2.60 bits per heavy atom. The fourth-order valence-corrected chi connectivity index (χ4v) is 1.80. The van der Waals surface area contributed by atoms with Crippen molar-refractivity contribution in [1.82, 2.24) is 0 Å². The number of hydrogen-bond donors (Lipinski definition) is 1. The summed E-state index contributed by atoms with van der Waals surface area (Å²) in [6.07, 6.45) is 11.5. The molecule has 80 valence electrons. The summed E-state index contributed by atoms with van der Waals surface area (Å²) < 4.78 is 5.71. The van der Waals surface area contributed by atoms with E-state index in [0.29, 0.717) is 5.03 Å². The van der Waals surface area contributed by atoms with Gasteiger partial charge in [0.2, 0.25) is 0 Å². The first kappa shape index (κ1) is 10.4. The van der Waals surface area contributed by atoms with Gasteiger partial charge in [0, 0.05) is 12.1 Å². The third-order valence-corrected chi connectivity index (χ3v) is 2.78. The summed E-state index contributed by atoms with van der Waals surface area (Å²) in [5.74, 6) is 1.71. The van der Waals surface area contributed by atoms with Crippen LogP contribution in [0.15, 0.2) is 46.6 Å². The highest BCUT2D eigenvalue weighted by Gasteiger charge is 2.12. The van der Waals surface area contributed by atoms with E-state index in [1.165, 1.54) is 0 Å². The average Bonchev–Trinajstić information content (AvgIpc) is 2.25. The van der Waals surface area contributed by atoms with Crippen molar-refractivity contribution in [3.8, 4) is 0 Å². The molecule has 0 aromatic heterocycles. The third-order valence-electron chi connectivity index (χ3n) is 2.44. The van der Waals surface area contributed by atoms with Crippen LogP contribution in [0.4, 0.5) is 0 Å². The number of nitrogens with two attached hydrogens (primary N) is 1. The quantitative estimate of drug-likeness (QED) is 0.780. The van der Waals surface area contributed by atoms with E-state index in [9.17, 15) is 0 Å². The summed E-state index contributed by atoms with van der Waals surface area (Å²) >= 11 is 6.03. The molecule has 0 heterocycles. The highest BCUT2D eigenvalue weighted by atomic mass is 35.5. The zero-order valence-corrected chi connectivity index (χ0v) is 9.26. The Morgan fingerprint density at radius 2 is 1.93 bits per heavy atom. The van der Waals surface area contributed by atoms with Crippen molar-refractivity contribution >= 4 is 11.6 Å². The van der Waals surface area contributed by atoms with Crippen LogP contribution in [0.5, 0.6) is 0 Å². The zero-order valence-electron chi connectivity index (χ0n) is 8.50. The van der Waals surface area contributed by atoms with E-state index in [4.69, 9.17) is 22.1 Å². The lowest BCUT2D eigenvalue weighted by molar-refractivity contribution is 0.297. The van der Waals surface area contributed by atoms with Crippen molar-refractivity contribution in [3.05, 3.63) is 46.6 Å². The van der Waals surface area contributed by atoms with Crippen LogP contribution in [0.1, 0.15) is 25.7 Å². The normalized spacial score (nSPS) is 21.1. The molecule has 3 heteroatoms. The fourth-order valence-electron chi connectivity index (χ4n) is 1.57. The Balaban J connectivity index is 2.04. The molecule has 0 radical (unpaired) electrons. The average molecular weight is 224 g/mol. The van der Waals surface area contributed by atoms with Crippen LogP contribution in [0.2, 0.25) is 0 Å². The highest BCUT2D eigenvalue weighted by molar-refractivity contribution is 6.31. The Hall–Kier alpha value is -1.15. The van der Waals surface area contributed by atoms with Crippen LogP contribution in [0.3, 0.4) is 0 Å². The molecule has 0 aromatic rings. The van der Waals surface area contributed by atoms with E-state index >= 15 is 0 Å². The summed E-state index contributed by atoms with van der Waals surface area (Å²) in [7, 11) is 0. The van der Waals surface area contributed by atoms with E-state index in [1.807, 2.05) is 24.3 Å². The van der Waals surface area contributed by atoms with Crippen LogP contribution in [-0.2, 0) is 4.74 Å². The molecule has 0 spiro atoms. The molecule has 0 amide bonds. The van der Waals surface area contributed by atoms with E-state index in [2.05, 4.69) is 0 Å². The van der Waals surface area contributed by atoms with Gasteiger partial charge in [0.25, 0.3) is 0 Å². The molecule has 0 saturated carbocycles. The van der Waals surface area contributed by atoms with Gasteiger partial charge < -0.3 is 10.5 Å². The molecule has 2 aliphatic carbocycles. The van der Waals surface area contributed by atoms with Gasteiger partial charge in [0.15, 0.2) is 0 Å². The van der Waals surface area contributed by atoms with Gasteiger partial charge in [-0.15, -0.1) is 0 Å². The number of allylic oxidation sites excluding steroid dienone is 7. The van der Waals surface area contributed by atoms with Crippen molar-refractivity contribution < 1.29 is 4.74 Å². The molecule has 15 heavy (non-hydrogen) atoms. The smallest absolute Gasteiger partial charge is 0.141 e. The summed E-state index contributed by atoms with van der Waals surface area (Å²) in [5.41, 5.74) is 6.57. The highest BCUT2D eigenvalue weighted by Crippen LogP contribution is 2.27. The van der Waals surface area contributed by atoms with Crippen LogP contribution < -0.4 is 5.73 Å². The summed E-state index contributed by atoms with van der Waals surface area (Å²) in [5, 5.41) is 0.713. The molecular formula is C12H14ClNO. The Labute approximate surface area is 94.7 Å². The monoisotopic (exact) mass is 223 g/mol. The lowest BCUT2D eigenvalue weighted by Gasteiger charge is -2.17. The third kappa shape index (κ3) is 2.66. The molecule has 2 aliphatic rings. The van der Waals surface area contributed by atoms with Gasteiger partial charge in [-0.05, 0) is 37.5 Å². The maximum Gasteiger partial charge on any atom is 0.141 e. The second-order valence-corrected chi connectivity index (χ2v) is 4.08. The first-order valence-electron chi connectivity index (χ1n) is 5.15. The molecular weight excluding hydrogens is 210 g/mol. The SMILES string of the molecule is NC1=CC=C(OC2=CCCC=C2Cl)CC1. The van der Waals surface area contributed by atoms with Gasteiger partial charge in [-0.25, -0.2) is 0 Å². The van der Waals surface area contributed by atoms with Crippen LogP contribution in [-0.4, -0.2) is 0 Å². The zero-order chi connectivity index (χ0) is 10.7. The van der Waals surface area contributed by atoms with Crippen LogP contribution >= 0.6 is 11.6 Å². The van der Waals surface area contributed by atoms with E-state index < -0.39 is 0 Å². The minimum atomic E-state index is 0.713. The maximum absolute atomic E-state index is 6.03. The van der Waals surface area contributed by atoms with Crippen molar-refractivity contribution in [2.24, 2.45) is 5.73 Å². The summed E-state index contributed by atoms with van der Waals surface area (Å²) in [4.78, 5) is 0. The Kier molecular flexibility index (Phi) is 3.17. The van der Waals surface area contributed by atoms with Gasteiger partial charge >= 0.3 is 0 Å². The van der Waals surface area contributed by atoms with Crippen molar-refractivity contribution in [1.29, 1.82) is 0 Å². The van der Waals surface area contributed by atoms with Gasteiger partial charge in [-0.3, -0.25) is 0 Å². The van der Waals surface area contributed by atoms with E-state index in [0.717, 1.165) is 42.9 Å². The fraction of sp³-hybridized carbons (Fsp3) is 0.333. The maximum atomic E-state index is 6.03. The van der Waals surface area contributed by atoms with Crippen molar-refractivity contribution in [3.63, 3.8) is 0 Å². The molecule has 0 unspecified atom stereocenters. The van der Waals surface area contributed by atoms with Crippen molar-refractivity contribution in [2.45, 2.75) is 25.7 Å². The molecule has 0 saturated heterocycles. The van der Waals surface area contributed by atoms with Gasteiger partial charge in [-0.2, -0.15) is 0 Å². The van der Waals surface area contributed by atoms with E-state index in [-0.39, 0.29) is 0 Å². The topological polar surface area (TPSA) is 35.2 Å². The summed E-state index contributed by atoms with van der Waals surface area (Å²) in [6.45, 7) is 0.